The minimum atomic E-state index is -0.366. The first kappa shape index (κ1) is 19.8. The van der Waals surface area contributed by atoms with Crippen LogP contribution in [0.3, 0.4) is 0 Å². The summed E-state index contributed by atoms with van der Waals surface area (Å²) in [7, 11) is 0. The topological polar surface area (TPSA) is 70.6 Å². The van der Waals surface area contributed by atoms with E-state index < -0.39 is 0 Å². The van der Waals surface area contributed by atoms with Crippen LogP contribution in [0.1, 0.15) is 49.0 Å². The minimum absolute atomic E-state index is 0.00832. The van der Waals surface area contributed by atoms with Crippen molar-refractivity contribution in [2.45, 2.75) is 12.3 Å². The molecule has 0 saturated carbocycles. The molecule has 6 rings (SSSR count). The third-order valence-corrected chi connectivity index (χ3v) is 7.36. The van der Waals surface area contributed by atoms with Gasteiger partial charge in [0, 0.05) is 24.6 Å². The lowest BCUT2D eigenvalue weighted by Crippen LogP contribution is -2.29. The highest BCUT2D eigenvalue weighted by atomic mass is 32.1. The molecule has 4 aromatic rings. The molecule has 0 bridgehead atoms. The molecule has 1 saturated heterocycles. The summed E-state index contributed by atoms with van der Waals surface area (Å²) in [6.45, 7) is 1.42. The zero-order valence-electron chi connectivity index (χ0n) is 17.6. The summed E-state index contributed by atoms with van der Waals surface area (Å²) in [5, 5.41) is 0.325. The van der Waals surface area contributed by atoms with E-state index in [2.05, 4.69) is 17.1 Å². The number of rotatable bonds is 3. The smallest absolute Gasteiger partial charge is 0.268 e. The average Bonchev–Trinajstić information content (AvgIpc) is 3.56. The summed E-state index contributed by atoms with van der Waals surface area (Å²) in [6, 6.07) is 22.4. The lowest BCUT2D eigenvalue weighted by atomic mass is 9.99. The Bertz CT molecular complexity index is 1390. The highest BCUT2D eigenvalue weighted by molar-refractivity contribution is 7.22. The molecule has 3 aromatic carbocycles. The lowest BCUT2D eigenvalue weighted by Gasteiger charge is -2.17. The summed E-state index contributed by atoms with van der Waals surface area (Å²) in [5.74, 6) is -0.390. The van der Waals surface area contributed by atoms with Crippen LogP contribution in [0, 0.1) is 0 Å². The first-order valence-corrected chi connectivity index (χ1v) is 11.6. The largest absolute Gasteiger partial charge is 0.338 e. The molecule has 0 radical (unpaired) electrons. The van der Waals surface area contributed by atoms with Gasteiger partial charge in [0.2, 0.25) is 5.13 Å². The fourth-order valence-electron chi connectivity index (χ4n) is 4.63. The Morgan fingerprint density at radius 3 is 2.33 bits per heavy atom. The molecule has 7 heteroatoms. The summed E-state index contributed by atoms with van der Waals surface area (Å²) < 4.78 is 0.770. The maximum absolute atomic E-state index is 13.2. The summed E-state index contributed by atoms with van der Waals surface area (Å²) in [5.41, 5.74) is 3.29. The van der Waals surface area contributed by atoms with Crippen LogP contribution in [0.25, 0.3) is 10.2 Å². The van der Waals surface area contributed by atoms with Crippen LogP contribution < -0.4 is 4.90 Å². The van der Waals surface area contributed by atoms with E-state index in [1.54, 1.807) is 36.4 Å². The number of hydrogen-bond donors (Lipinski definition) is 0. The van der Waals surface area contributed by atoms with Crippen molar-refractivity contribution in [3.63, 3.8) is 0 Å². The number of fused-ring (bicyclic) bond motifs is 2. The first-order chi connectivity index (χ1) is 16.1. The Morgan fingerprint density at radius 2 is 1.61 bits per heavy atom. The van der Waals surface area contributed by atoms with Crippen molar-refractivity contribution < 1.29 is 14.4 Å². The Balaban J connectivity index is 1.26. The normalized spacial score (nSPS) is 17.8. The Hall–Kier alpha value is -3.84. The number of aromatic nitrogens is 1. The molecule has 162 valence electrons. The van der Waals surface area contributed by atoms with E-state index in [-0.39, 0.29) is 17.7 Å². The van der Waals surface area contributed by atoms with Gasteiger partial charge in [-0.3, -0.25) is 14.4 Å². The fourth-order valence-corrected chi connectivity index (χ4v) is 5.63. The van der Waals surface area contributed by atoms with Crippen LogP contribution in [0.4, 0.5) is 5.13 Å². The van der Waals surface area contributed by atoms with Gasteiger partial charge in [-0.05, 0) is 42.3 Å². The molecule has 1 atom stereocenters. The number of anilines is 1. The molecular weight excluding hydrogens is 434 g/mol. The van der Waals surface area contributed by atoms with Crippen LogP contribution in [0.15, 0.2) is 72.8 Å². The molecule has 1 aromatic heterocycles. The van der Waals surface area contributed by atoms with Gasteiger partial charge < -0.3 is 4.90 Å². The molecule has 3 heterocycles. The Labute approximate surface area is 194 Å². The zero-order valence-corrected chi connectivity index (χ0v) is 18.4. The van der Waals surface area contributed by atoms with Crippen molar-refractivity contribution in [2.24, 2.45) is 0 Å². The Morgan fingerprint density at radius 1 is 0.909 bits per heavy atom. The average molecular weight is 454 g/mol. The quantitative estimate of drug-likeness (QED) is 0.421. The fraction of sp³-hybridized carbons (Fsp3) is 0.154. The maximum atomic E-state index is 13.2. The van der Waals surface area contributed by atoms with Crippen molar-refractivity contribution >= 4 is 44.4 Å². The molecular formula is C26H19N3O3S. The molecule has 0 spiro atoms. The van der Waals surface area contributed by atoms with Crippen molar-refractivity contribution in [2.75, 3.05) is 18.0 Å². The second-order valence-electron chi connectivity index (χ2n) is 8.32. The van der Waals surface area contributed by atoms with Gasteiger partial charge in [0.1, 0.15) is 0 Å². The van der Waals surface area contributed by atoms with Crippen molar-refractivity contribution in [1.82, 2.24) is 9.88 Å². The Kier molecular flexibility index (Phi) is 4.58. The molecule has 6 nitrogen and oxygen atoms in total. The van der Waals surface area contributed by atoms with E-state index in [0.717, 1.165) is 22.6 Å². The lowest BCUT2D eigenvalue weighted by molar-refractivity contribution is 0.0790. The predicted octanol–water partition coefficient (Wildman–Crippen LogP) is 4.73. The van der Waals surface area contributed by atoms with Crippen LogP contribution >= 0.6 is 11.3 Å². The molecule has 0 aliphatic carbocycles. The standard InChI is InChI=1S/C26H19N3O3S/c30-23(28-13-12-18(15-28)16-6-2-1-3-7-16)17-10-11-21-22(14-17)33-26(27-21)29-24(31)19-8-4-5-9-20(19)25(29)32/h1-11,14,18H,12-13,15H2/t18-/m1/s1. The van der Waals surface area contributed by atoms with Crippen LogP contribution in [0.2, 0.25) is 0 Å². The van der Waals surface area contributed by atoms with Crippen molar-refractivity contribution in [3.05, 3.63) is 95.1 Å². The second kappa shape index (κ2) is 7.64. The molecule has 2 aliphatic heterocycles. The number of amides is 3. The number of hydrogen-bond acceptors (Lipinski definition) is 5. The van der Waals surface area contributed by atoms with Gasteiger partial charge in [-0.1, -0.05) is 53.8 Å². The number of nitrogens with zero attached hydrogens (tertiary/aromatic N) is 3. The van der Waals surface area contributed by atoms with Gasteiger partial charge in [-0.15, -0.1) is 0 Å². The van der Waals surface area contributed by atoms with E-state index >= 15 is 0 Å². The third-order valence-electron chi connectivity index (χ3n) is 6.36. The van der Waals surface area contributed by atoms with E-state index in [1.165, 1.54) is 16.9 Å². The predicted molar refractivity (Wildman–Crippen MR) is 127 cm³/mol. The van der Waals surface area contributed by atoms with Gasteiger partial charge in [0.05, 0.1) is 21.3 Å². The van der Waals surface area contributed by atoms with Gasteiger partial charge >= 0.3 is 0 Å². The van der Waals surface area contributed by atoms with E-state index in [9.17, 15) is 14.4 Å². The highest BCUT2D eigenvalue weighted by Crippen LogP contribution is 2.35. The van der Waals surface area contributed by atoms with Gasteiger partial charge in [-0.25, -0.2) is 9.88 Å². The summed E-state index contributed by atoms with van der Waals surface area (Å²) in [6.07, 6.45) is 0.947. The van der Waals surface area contributed by atoms with E-state index in [4.69, 9.17) is 0 Å². The monoisotopic (exact) mass is 453 g/mol. The number of thiazole rings is 1. The molecule has 0 N–H and O–H groups in total. The number of likely N-dealkylation sites (tertiary alicyclic amines) is 1. The molecule has 33 heavy (non-hydrogen) atoms. The molecule has 0 unspecified atom stereocenters. The third kappa shape index (κ3) is 3.24. The van der Waals surface area contributed by atoms with Gasteiger partial charge in [-0.2, -0.15) is 0 Å². The number of imide groups is 1. The molecule has 2 aliphatic rings. The molecule has 3 amide bonds. The number of benzene rings is 3. The van der Waals surface area contributed by atoms with Crippen LogP contribution in [0.5, 0.6) is 0 Å². The van der Waals surface area contributed by atoms with Crippen molar-refractivity contribution in [3.8, 4) is 0 Å². The molecule has 1 fully saturated rings. The number of carbonyl (C=O) groups is 3. The first-order valence-electron chi connectivity index (χ1n) is 10.8. The zero-order chi connectivity index (χ0) is 22.5. The minimum Gasteiger partial charge on any atom is -0.338 e. The van der Waals surface area contributed by atoms with Crippen molar-refractivity contribution in [1.29, 1.82) is 0 Å². The summed E-state index contributed by atoms with van der Waals surface area (Å²) in [4.78, 5) is 46.3. The van der Waals surface area contributed by atoms with Gasteiger partial charge in [0.25, 0.3) is 17.7 Å². The number of carbonyl (C=O) groups excluding carboxylic acids is 3. The van der Waals surface area contributed by atoms with E-state index in [1.807, 2.05) is 29.2 Å². The van der Waals surface area contributed by atoms with Crippen LogP contribution in [-0.4, -0.2) is 40.7 Å². The van der Waals surface area contributed by atoms with E-state index in [0.29, 0.717) is 39.8 Å². The second-order valence-corrected chi connectivity index (χ2v) is 9.33. The SMILES string of the molecule is O=C(c1ccc2nc(N3C(=O)c4ccccc4C3=O)sc2c1)N1CC[C@@H](c2ccccc2)C1. The summed E-state index contributed by atoms with van der Waals surface area (Å²) >= 11 is 1.25. The van der Waals surface area contributed by atoms with Crippen LogP contribution in [-0.2, 0) is 0 Å². The maximum Gasteiger partial charge on any atom is 0.268 e. The highest BCUT2D eigenvalue weighted by Gasteiger charge is 2.38. The van der Waals surface area contributed by atoms with Gasteiger partial charge in [0.15, 0.2) is 0 Å².